The van der Waals surface area contributed by atoms with Gasteiger partial charge in [0.1, 0.15) is 0 Å². The fourth-order valence-corrected chi connectivity index (χ4v) is 3.62. The fourth-order valence-electron chi connectivity index (χ4n) is 3.62. The highest BCUT2D eigenvalue weighted by Gasteiger charge is 2.29. The third kappa shape index (κ3) is 2.93. The second kappa shape index (κ2) is 6.63. The first-order valence-corrected chi connectivity index (χ1v) is 8.21. The Balaban J connectivity index is 1.92. The molecule has 0 amide bonds. The Morgan fingerprint density at radius 1 is 1.04 bits per heavy atom. The summed E-state index contributed by atoms with van der Waals surface area (Å²) in [4.78, 5) is 2.56. The molecular formula is C20H25NO2. The monoisotopic (exact) mass is 311 g/mol. The quantitative estimate of drug-likeness (QED) is 0.836. The molecule has 2 atom stereocenters. The third-order valence-corrected chi connectivity index (χ3v) is 5.01. The Morgan fingerprint density at radius 2 is 1.70 bits per heavy atom. The number of ether oxygens (including phenoxy) is 2. The summed E-state index contributed by atoms with van der Waals surface area (Å²) in [6.07, 6.45) is 1.04. The summed E-state index contributed by atoms with van der Waals surface area (Å²) < 4.78 is 10.9. The van der Waals surface area contributed by atoms with E-state index in [-0.39, 0.29) is 0 Å². The van der Waals surface area contributed by atoms with Gasteiger partial charge < -0.3 is 9.47 Å². The van der Waals surface area contributed by atoms with Crippen LogP contribution in [0.2, 0.25) is 0 Å². The van der Waals surface area contributed by atoms with Gasteiger partial charge >= 0.3 is 0 Å². The summed E-state index contributed by atoms with van der Waals surface area (Å²) in [6.45, 7) is 5.63. The number of fused-ring (bicyclic) bond motifs is 1. The van der Waals surface area contributed by atoms with Gasteiger partial charge in [0.05, 0.1) is 14.2 Å². The minimum absolute atomic E-state index is 0.355. The van der Waals surface area contributed by atoms with Crippen LogP contribution >= 0.6 is 0 Å². The Labute approximate surface area is 138 Å². The fraction of sp³-hybridized carbons (Fsp3) is 0.400. The van der Waals surface area contributed by atoms with Crippen LogP contribution in [0, 0.1) is 0 Å². The molecule has 0 saturated heterocycles. The lowest BCUT2D eigenvalue weighted by Gasteiger charge is -2.40. The summed E-state index contributed by atoms with van der Waals surface area (Å²) in [7, 11) is 3.39. The van der Waals surface area contributed by atoms with Gasteiger partial charge in [-0.2, -0.15) is 0 Å². The topological polar surface area (TPSA) is 21.7 Å². The number of methoxy groups -OCH3 is 2. The highest BCUT2D eigenvalue weighted by molar-refractivity contribution is 5.49. The molecule has 2 aromatic rings. The number of rotatable bonds is 4. The molecule has 0 radical (unpaired) electrons. The first-order valence-electron chi connectivity index (χ1n) is 8.21. The molecule has 0 fully saturated rings. The standard InChI is InChI=1S/C20H25NO2/c1-14(16-8-6-5-7-9-16)21-11-10-17-12-19(22-3)20(23-4)13-18(17)15(21)2/h5-9,12-15H,10-11H2,1-4H3/t14-,15-/m1/s1. The molecule has 0 N–H and O–H groups in total. The van der Waals surface area contributed by atoms with Crippen LogP contribution in [-0.4, -0.2) is 25.7 Å². The second-order valence-electron chi connectivity index (χ2n) is 6.16. The van der Waals surface area contributed by atoms with Gasteiger partial charge in [0.2, 0.25) is 0 Å². The van der Waals surface area contributed by atoms with E-state index in [0.717, 1.165) is 24.5 Å². The molecule has 1 aliphatic heterocycles. The van der Waals surface area contributed by atoms with Gasteiger partial charge in [-0.15, -0.1) is 0 Å². The summed E-state index contributed by atoms with van der Waals surface area (Å²) in [5, 5.41) is 0. The number of benzene rings is 2. The number of hydrogen-bond acceptors (Lipinski definition) is 3. The van der Waals surface area contributed by atoms with Crippen molar-refractivity contribution in [3.63, 3.8) is 0 Å². The normalized spacial score (nSPS) is 19.0. The highest BCUT2D eigenvalue weighted by atomic mass is 16.5. The maximum absolute atomic E-state index is 5.49. The molecular weight excluding hydrogens is 286 g/mol. The van der Waals surface area contributed by atoms with Crippen LogP contribution in [0.3, 0.4) is 0 Å². The highest BCUT2D eigenvalue weighted by Crippen LogP contribution is 2.40. The van der Waals surface area contributed by atoms with Crippen LogP contribution in [0.5, 0.6) is 11.5 Å². The van der Waals surface area contributed by atoms with E-state index in [1.807, 2.05) is 0 Å². The van der Waals surface area contributed by atoms with E-state index in [1.165, 1.54) is 16.7 Å². The molecule has 3 rings (SSSR count). The van der Waals surface area contributed by atoms with Crippen LogP contribution in [0.4, 0.5) is 0 Å². The predicted molar refractivity (Wildman–Crippen MR) is 93.2 cm³/mol. The summed E-state index contributed by atoms with van der Waals surface area (Å²) in [5.74, 6) is 1.63. The average molecular weight is 311 g/mol. The van der Waals surface area contributed by atoms with Crippen molar-refractivity contribution in [2.75, 3.05) is 20.8 Å². The molecule has 122 valence electrons. The molecule has 3 nitrogen and oxygen atoms in total. The van der Waals surface area contributed by atoms with Gasteiger partial charge in [-0.05, 0) is 49.1 Å². The van der Waals surface area contributed by atoms with Gasteiger partial charge in [0, 0.05) is 18.6 Å². The Morgan fingerprint density at radius 3 is 2.35 bits per heavy atom. The Bertz CT molecular complexity index is 669. The first-order chi connectivity index (χ1) is 11.2. The van der Waals surface area contributed by atoms with Crippen LogP contribution in [0.25, 0.3) is 0 Å². The molecule has 0 aromatic heterocycles. The van der Waals surface area contributed by atoms with E-state index in [2.05, 4.69) is 61.2 Å². The molecule has 1 heterocycles. The van der Waals surface area contributed by atoms with E-state index in [9.17, 15) is 0 Å². The van der Waals surface area contributed by atoms with Crippen molar-refractivity contribution < 1.29 is 9.47 Å². The lowest BCUT2D eigenvalue weighted by molar-refractivity contribution is 0.143. The zero-order valence-electron chi connectivity index (χ0n) is 14.4. The SMILES string of the molecule is COc1cc2c(cc1OC)[C@@H](C)N([C@H](C)c1ccccc1)CC2. The molecule has 0 spiro atoms. The predicted octanol–water partition coefficient (Wildman–Crippen LogP) is 4.38. The first kappa shape index (κ1) is 15.9. The molecule has 0 bridgehead atoms. The maximum Gasteiger partial charge on any atom is 0.161 e. The summed E-state index contributed by atoms with van der Waals surface area (Å²) in [6, 6.07) is 15.7. The van der Waals surface area contributed by atoms with E-state index >= 15 is 0 Å². The van der Waals surface area contributed by atoms with Gasteiger partial charge in [0.25, 0.3) is 0 Å². The van der Waals surface area contributed by atoms with Crippen molar-refractivity contribution in [2.45, 2.75) is 32.4 Å². The van der Waals surface area contributed by atoms with Crippen LogP contribution in [-0.2, 0) is 6.42 Å². The molecule has 3 heteroatoms. The lowest BCUT2D eigenvalue weighted by atomic mass is 9.90. The van der Waals surface area contributed by atoms with Crippen molar-refractivity contribution >= 4 is 0 Å². The molecule has 0 saturated carbocycles. The van der Waals surface area contributed by atoms with E-state index in [1.54, 1.807) is 14.2 Å². The van der Waals surface area contributed by atoms with Crippen LogP contribution in [0.15, 0.2) is 42.5 Å². The minimum Gasteiger partial charge on any atom is -0.493 e. The molecule has 0 unspecified atom stereocenters. The van der Waals surface area contributed by atoms with Crippen LogP contribution in [0.1, 0.15) is 42.6 Å². The molecule has 1 aliphatic rings. The van der Waals surface area contributed by atoms with Crippen LogP contribution < -0.4 is 9.47 Å². The van der Waals surface area contributed by atoms with E-state index in [4.69, 9.17) is 9.47 Å². The lowest BCUT2D eigenvalue weighted by Crippen LogP contribution is -2.36. The minimum atomic E-state index is 0.355. The van der Waals surface area contributed by atoms with Crippen molar-refractivity contribution in [1.29, 1.82) is 0 Å². The van der Waals surface area contributed by atoms with Gasteiger partial charge in [-0.3, -0.25) is 4.90 Å². The Kier molecular flexibility index (Phi) is 4.58. The molecule has 0 aliphatic carbocycles. The van der Waals surface area contributed by atoms with E-state index in [0.29, 0.717) is 12.1 Å². The smallest absolute Gasteiger partial charge is 0.161 e. The average Bonchev–Trinajstić information content (AvgIpc) is 2.61. The number of hydrogen-bond donors (Lipinski definition) is 0. The van der Waals surface area contributed by atoms with Gasteiger partial charge in [-0.25, -0.2) is 0 Å². The van der Waals surface area contributed by atoms with Crippen molar-refractivity contribution in [2.24, 2.45) is 0 Å². The van der Waals surface area contributed by atoms with Crippen molar-refractivity contribution in [1.82, 2.24) is 4.90 Å². The largest absolute Gasteiger partial charge is 0.493 e. The second-order valence-corrected chi connectivity index (χ2v) is 6.16. The van der Waals surface area contributed by atoms with Crippen molar-refractivity contribution in [3.05, 3.63) is 59.2 Å². The molecule has 2 aromatic carbocycles. The zero-order valence-corrected chi connectivity index (χ0v) is 14.4. The van der Waals surface area contributed by atoms with Crippen molar-refractivity contribution in [3.8, 4) is 11.5 Å². The summed E-state index contributed by atoms with van der Waals surface area (Å²) in [5.41, 5.74) is 4.08. The zero-order chi connectivity index (χ0) is 16.4. The Hall–Kier alpha value is -2.00. The van der Waals surface area contributed by atoms with Gasteiger partial charge in [-0.1, -0.05) is 30.3 Å². The number of nitrogens with zero attached hydrogens (tertiary/aromatic N) is 1. The maximum atomic E-state index is 5.49. The summed E-state index contributed by atoms with van der Waals surface area (Å²) >= 11 is 0. The van der Waals surface area contributed by atoms with Gasteiger partial charge in [0.15, 0.2) is 11.5 Å². The molecule has 23 heavy (non-hydrogen) atoms. The van der Waals surface area contributed by atoms with E-state index < -0.39 is 0 Å². The third-order valence-electron chi connectivity index (χ3n) is 5.01.